The van der Waals surface area contributed by atoms with Crippen molar-refractivity contribution in [1.29, 1.82) is 0 Å². The Morgan fingerprint density at radius 2 is 2.10 bits per heavy atom. The van der Waals surface area contributed by atoms with E-state index in [9.17, 15) is 4.79 Å². The minimum atomic E-state index is -0.284. The fraction of sp³-hybridized carbons (Fsp3) is 0.250. The number of benzene rings is 1. The molecule has 0 bridgehead atoms. The second kappa shape index (κ2) is 4.96. The average molecular weight is 268 g/mol. The third-order valence-electron chi connectivity index (χ3n) is 3.41. The van der Waals surface area contributed by atoms with Crippen molar-refractivity contribution in [3.05, 3.63) is 53.4 Å². The molecule has 0 amide bonds. The molecule has 2 heterocycles. The van der Waals surface area contributed by atoms with Gasteiger partial charge in [-0.2, -0.15) is 5.10 Å². The molecule has 1 aliphatic rings. The van der Waals surface area contributed by atoms with E-state index in [0.717, 1.165) is 11.4 Å². The molecule has 0 fully saturated rings. The SMILES string of the molecule is C/C=C/c1nn(-c2ccccc2)c2c1C(=O)OCC2C. The number of carbonyl (C=O) groups is 1. The Labute approximate surface area is 117 Å². The van der Waals surface area contributed by atoms with E-state index < -0.39 is 0 Å². The molecule has 1 aliphatic heterocycles. The van der Waals surface area contributed by atoms with Gasteiger partial charge in [-0.3, -0.25) is 0 Å². The van der Waals surface area contributed by atoms with Gasteiger partial charge in [-0.1, -0.05) is 31.2 Å². The second-order valence-electron chi connectivity index (χ2n) is 4.89. The highest BCUT2D eigenvalue weighted by atomic mass is 16.5. The van der Waals surface area contributed by atoms with Crippen LogP contribution in [0.4, 0.5) is 0 Å². The summed E-state index contributed by atoms with van der Waals surface area (Å²) in [5, 5.41) is 4.58. The molecule has 2 aromatic rings. The highest BCUT2D eigenvalue weighted by molar-refractivity contribution is 5.95. The van der Waals surface area contributed by atoms with Crippen LogP contribution in [0.3, 0.4) is 0 Å². The number of allylic oxidation sites excluding steroid dienone is 1. The van der Waals surface area contributed by atoms with Crippen LogP contribution in [0.15, 0.2) is 36.4 Å². The van der Waals surface area contributed by atoms with Crippen molar-refractivity contribution in [3.63, 3.8) is 0 Å². The Kier molecular flexibility index (Phi) is 3.14. The van der Waals surface area contributed by atoms with Gasteiger partial charge in [-0.25, -0.2) is 9.48 Å². The number of nitrogens with zero attached hydrogens (tertiary/aromatic N) is 2. The summed E-state index contributed by atoms with van der Waals surface area (Å²) in [5.74, 6) is -0.150. The number of para-hydroxylation sites is 1. The fourth-order valence-electron chi connectivity index (χ4n) is 2.51. The Hall–Kier alpha value is -2.36. The predicted molar refractivity (Wildman–Crippen MR) is 77.0 cm³/mol. The summed E-state index contributed by atoms with van der Waals surface area (Å²) < 4.78 is 7.08. The van der Waals surface area contributed by atoms with Crippen molar-refractivity contribution >= 4 is 12.0 Å². The number of aromatic nitrogens is 2. The summed E-state index contributed by atoms with van der Waals surface area (Å²) in [6, 6.07) is 9.86. The average Bonchev–Trinajstić information content (AvgIpc) is 2.85. The van der Waals surface area contributed by atoms with Crippen LogP contribution in [0.1, 0.15) is 41.5 Å². The first-order valence-electron chi connectivity index (χ1n) is 6.70. The van der Waals surface area contributed by atoms with E-state index in [1.807, 2.05) is 61.0 Å². The second-order valence-corrected chi connectivity index (χ2v) is 4.89. The maximum atomic E-state index is 12.1. The molecule has 1 aromatic heterocycles. The Bertz CT molecular complexity index is 671. The van der Waals surface area contributed by atoms with Crippen LogP contribution < -0.4 is 0 Å². The molecule has 1 unspecified atom stereocenters. The number of fused-ring (bicyclic) bond motifs is 1. The van der Waals surface area contributed by atoms with Gasteiger partial charge in [-0.15, -0.1) is 0 Å². The Balaban J connectivity index is 2.26. The lowest BCUT2D eigenvalue weighted by atomic mass is 9.99. The lowest BCUT2D eigenvalue weighted by Crippen LogP contribution is -2.22. The molecule has 0 N–H and O–H groups in total. The van der Waals surface area contributed by atoms with Crippen LogP contribution >= 0.6 is 0 Å². The third-order valence-corrected chi connectivity index (χ3v) is 3.41. The standard InChI is InChI=1S/C16H16N2O2/c1-3-7-13-14-15(11(2)10-20-16(14)19)18(17-13)12-8-5-4-6-9-12/h3-9,11H,10H2,1-2H3/b7-3+. The van der Waals surface area contributed by atoms with Crippen LogP contribution in [0, 0.1) is 0 Å². The number of rotatable bonds is 2. The summed E-state index contributed by atoms with van der Waals surface area (Å²) in [6.07, 6.45) is 3.72. The van der Waals surface area contributed by atoms with Crippen molar-refractivity contribution in [1.82, 2.24) is 9.78 Å². The van der Waals surface area contributed by atoms with E-state index >= 15 is 0 Å². The molecule has 4 nitrogen and oxygen atoms in total. The fourth-order valence-corrected chi connectivity index (χ4v) is 2.51. The van der Waals surface area contributed by atoms with Gasteiger partial charge in [0.25, 0.3) is 0 Å². The Morgan fingerprint density at radius 1 is 1.35 bits per heavy atom. The van der Waals surface area contributed by atoms with Crippen molar-refractivity contribution in [2.45, 2.75) is 19.8 Å². The molecular formula is C16H16N2O2. The zero-order valence-corrected chi connectivity index (χ0v) is 11.5. The zero-order valence-electron chi connectivity index (χ0n) is 11.5. The highest BCUT2D eigenvalue weighted by Crippen LogP contribution is 2.31. The van der Waals surface area contributed by atoms with E-state index in [2.05, 4.69) is 5.10 Å². The lowest BCUT2D eigenvalue weighted by molar-refractivity contribution is 0.0445. The summed E-state index contributed by atoms with van der Waals surface area (Å²) in [6.45, 7) is 4.36. The van der Waals surface area contributed by atoms with Gasteiger partial charge < -0.3 is 4.74 Å². The van der Waals surface area contributed by atoms with E-state index in [-0.39, 0.29) is 11.9 Å². The van der Waals surface area contributed by atoms with E-state index in [1.165, 1.54) is 0 Å². The van der Waals surface area contributed by atoms with E-state index in [4.69, 9.17) is 4.74 Å². The number of hydrogen-bond donors (Lipinski definition) is 0. The molecule has 4 heteroatoms. The molecule has 1 atom stereocenters. The molecule has 1 aromatic carbocycles. The van der Waals surface area contributed by atoms with Crippen molar-refractivity contribution in [2.75, 3.05) is 6.61 Å². The maximum Gasteiger partial charge on any atom is 0.342 e. The Morgan fingerprint density at radius 3 is 2.80 bits per heavy atom. The predicted octanol–water partition coefficient (Wildman–Crippen LogP) is 3.18. The molecule has 0 spiro atoms. The van der Waals surface area contributed by atoms with Gasteiger partial charge in [0, 0.05) is 5.92 Å². The largest absolute Gasteiger partial charge is 0.461 e. The summed E-state index contributed by atoms with van der Waals surface area (Å²) in [5.41, 5.74) is 3.15. The lowest BCUT2D eigenvalue weighted by Gasteiger charge is -2.20. The van der Waals surface area contributed by atoms with E-state index in [0.29, 0.717) is 17.9 Å². The third kappa shape index (κ3) is 1.93. The molecule has 3 rings (SSSR count). The quantitative estimate of drug-likeness (QED) is 0.786. The van der Waals surface area contributed by atoms with Crippen LogP contribution in [0.2, 0.25) is 0 Å². The number of esters is 1. The summed E-state index contributed by atoms with van der Waals surface area (Å²) in [4.78, 5) is 12.1. The molecule has 0 saturated heterocycles. The molecule has 0 saturated carbocycles. The molecule has 20 heavy (non-hydrogen) atoms. The monoisotopic (exact) mass is 268 g/mol. The molecule has 0 radical (unpaired) electrons. The van der Waals surface area contributed by atoms with E-state index in [1.54, 1.807) is 0 Å². The van der Waals surface area contributed by atoms with Gasteiger partial charge >= 0.3 is 5.97 Å². The van der Waals surface area contributed by atoms with Crippen molar-refractivity contribution in [2.24, 2.45) is 0 Å². The smallest absolute Gasteiger partial charge is 0.342 e. The molecular weight excluding hydrogens is 252 g/mol. The molecule has 0 aliphatic carbocycles. The molecule has 102 valence electrons. The van der Waals surface area contributed by atoms with Gasteiger partial charge in [0.05, 0.1) is 18.0 Å². The van der Waals surface area contributed by atoms with Gasteiger partial charge in [0.15, 0.2) is 0 Å². The minimum Gasteiger partial charge on any atom is -0.461 e. The minimum absolute atomic E-state index is 0.134. The van der Waals surface area contributed by atoms with Crippen LogP contribution in [0.5, 0.6) is 0 Å². The number of hydrogen-bond acceptors (Lipinski definition) is 3. The number of ether oxygens (including phenoxy) is 1. The topological polar surface area (TPSA) is 44.1 Å². The number of cyclic esters (lactones) is 1. The van der Waals surface area contributed by atoms with Crippen LogP contribution in [-0.2, 0) is 4.74 Å². The highest BCUT2D eigenvalue weighted by Gasteiger charge is 2.32. The van der Waals surface area contributed by atoms with Crippen LogP contribution in [0.25, 0.3) is 11.8 Å². The number of carbonyl (C=O) groups excluding carboxylic acids is 1. The first-order valence-corrected chi connectivity index (χ1v) is 6.70. The maximum absolute atomic E-state index is 12.1. The first-order chi connectivity index (χ1) is 9.72. The summed E-state index contributed by atoms with van der Waals surface area (Å²) >= 11 is 0. The van der Waals surface area contributed by atoms with Crippen LogP contribution in [-0.4, -0.2) is 22.4 Å². The van der Waals surface area contributed by atoms with Gasteiger partial charge in [0.1, 0.15) is 11.3 Å². The normalized spacial score (nSPS) is 18.1. The zero-order chi connectivity index (χ0) is 14.1. The van der Waals surface area contributed by atoms with Crippen molar-refractivity contribution in [3.8, 4) is 5.69 Å². The van der Waals surface area contributed by atoms with Crippen molar-refractivity contribution < 1.29 is 9.53 Å². The van der Waals surface area contributed by atoms with Gasteiger partial charge in [-0.05, 0) is 25.1 Å². The first kappa shape index (κ1) is 12.7. The van der Waals surface area contributed by atoms with Gasteiger partial charge in [0.2, 0.25) is 0 Å². The summed E-state index contributed by atoms with van der Waals surface area (Å²) in [7, 11) is 0.